The highest BCUT2D eigenvalue weighted by molar-refractivity contribution is 5.36. The van der Waals surface area contributed by atoms with E-state index in [4.69, 9.17) is 4.74 Å². The number of hydrogen-bond acceptors (Lipinski definition) is 6. The summed E-state index contributed by atoms with van der Waals surface area (Å²) in [7, 11) is 0. The third-order valence-corrected chi connectivity index (χ3v) is 5.70. The van der Waals surface area contributed by atoms with Gasteiger partial charge in [-0.3, -0.25) is 0 Å². The lowest BCUT2D eigenvalue weighted by molar-refractivity contribution is -0.105. The fraction of sp³-hybridized carbons (Fsp3) is 0.391. The van der Waals surface area contributed by atoms with E-state index in [1.807, 2.05) is 42.5 Å². The number of aliphatic hydroxyl groups is 2. The quantitative estimate of drug-likeness (QED) is 0.529. The van der Waals surface area contributed by atoms with Crippen LogP contribution in [0.15, 0.2) is 67.3 Å². The van der Waals surface area contributed by atoms with Crippen LogP contribution in [0, 0.1) is 0 Å². The van der Waals surface area contributed by atoms with Crippen LogP contribution in [0.5, 0.6) is 5.75 Å². The van der Waals surface area contributed by atoms with E-state index >= 15 is 0 Å². The molecule has 0 bridgehead atoms. The Morgan fingerprint density at radius 3 is 2.47 bits per heavy atom. The lowest BCUT2D eigenvalue weighted by atomic mass is 9.83. The molecule has 1 aromatic heterocycles. The molecule has 158 valence electrons. The molecule has 0 radical (unpaired) electrons. The fourth-order valence-corrected chi connectivity index (χ4v) is 3.92. The molecule has 4 rings (SSSR count). The second kappa shape index (κ2) is 9.38. The Balaban J connectivity index is 1.48. The second-order valence-electron chi connectivity index (χ2n) is 7.87. The molecule has 1 fully saturated rings. The standard InChI is InChI=1S/C23H28N4O3/c28-22(23(29)10-12-24-13-11-23)15-21(14-18-4-2-1-3-5-18)30-20-8-6-19(7-9-20)27-17-25-16-26-27/h1-9,16-17,21-22,24,28-29H,10-15H2. The smallest absolute Gasteiger partial charge is 0.138 e. The van der Waals surface area contributed by atoms with Crippen molar-refractivity contribution in [1.82, 2.24) is 20.1 Å². The molecule has 0 spiro atoms. The Bertz CT molecular complexity index is 894. The Hall–Kier alpha value is -2.74. The van der Waals surface area contributed by atoms with Gasteiger partial charge in [0, 0.05) is 12.8 Å². The van der Waals surface area contributed by atoms with Crippen molar-refractivity contribution in [2.24, 2.45) is 0 Å². The van der Waals surface area contributed by atoms with E-state index in [0.29, 0.717) is 44.5 Å². The molecule has 3 N–H and O–H groups in total. The minimum Gasteiger partial charge on any atom is -0.490 e. The van der Waals surface area contributed by atoms with E-state index in [2.05, 4.69) is 27.5 Å². The number of hydrogen-bond donors (Lipinski definition) is 3. The predicted molar refractivity (Wildman–Crippen MR) is 114 cm³/mol. The second-order valence-corrected chi connectivity index (χ2v) is 7.87. The third kappa shape index (κ3) is 5.05. The average molecular weight is 409 g/mol. The molecule has 0 amide bonds. The number of benzene rings is 2. The third-order valence-electron chi connectivity index (χ3n) is 5.70. The van der Waals surface area contributed by atoms with Crippen LogP contribution in [-0.4, -0.2) is 55.9 Å². The molecule has 1 aliphatic rings. The van der Waals surface area contributed by atoms with Crippen molar-refractivity contribution >= 4 is 0 Å². The van der Waals surface area contributed by atoms with Gasteiger partial charge >= 0.3 is 0 Å². The Morgan fingerprint density at radius 1 is 1.07 bits per heavy atom. The van der Waals surface area contributed by atoms with Crippen LogP contribution < -0.4 is 10.1 Å². The predicted octanol–water partition coefficient (Wildman–Crippen LogP) is 2.12. The largest absolute Gasteiger partial charge is 0.490 e. The van der Waals surface area contributed by atoms with Crippen LogP contribution in [0.1, 0.15) is 24.8 Å². The molecule has 2 aromatic carbocycles. The van der Waals surface area contributed by atoms with Crippen LogP contribution in [0.2, 0.25) is 0 Å². The highest BCUT2D eigenvalue weighted by Crippen LogP contribution is 2.27. The first-order valence-electron chi connectivity index (χ1n) is 10.4. The van der Waals surface area contributed by atoms with Crippen molar-refractivity contribution in [3.8, 4) is 11.4 Å². The fourth-order valence-electron chi connectivity index (χ4n) is 3.92. The van der Waals surface area contributed by atoms with E-state index in [1.165, 1.54) is 6.33 Å². The maximum Gasteiger partial charge on any atom is 0.138 e. The summed E-state index contributed by atoms with van der Waals surface area (Å²) in [5.41, 5.74) is 0.954. The Labute approximate surface area is 176 Å². The topological polar surface area (TPSA) is 92.4 Å². The summed E-state index contributed by atoms with van der Waals surface area (Å²) in [4.78, 5) is 3.96. The molecule has 7 heteroatoms. The number of rotatable bonds is 8. The van der Waals surface area contributed by atoms with Gasteiger partial charge in [0.05, 0.1) is 17.4 Å². The maximum atomic E-state index is 10.9. The first kappa shape index (κ1) is 20.5. The van der Waals surface area contributed by atoms with Gasteiger partial charge in [0.25, 0.3) is 0 Å². The highest BCUT2D eigenvalue weighted by atomic mass is 16.5. The minimum absolute atomic E-state index is 0.265. The molecule has 2 unspecified atom stereocenters. The van der Waals surface area contributed by atoms with Crippen LogP contribution in [0.4, 0.5) is 0 Å². The number of nitrogens with zero attached hydrogens (tertiary/aromatic N) is 3. The lowest BCUT2D eigenvalue weighted by Crippen LogP contribution is -2.51. The summed E-state index contributed by atoms with van der Waals surface area (Å²) >= 11 is 0. The van der Waals surface area contributed by atoms with Crippen LogP contribution in [0.3, 0.4) is 0 Å². The lowest BCUT2D eigenvalue weighted by Gasteiger charge is -2.38. The molecular formula is C23H28N4O3. The van der Waals surface area contributed by atoms with Crippen LogP contribution in [0.25, 0.3) is 5.69 Å². The Kier molecular flexibility index (Phi) is 6.42. The Morgan fingerprint density at radius 2 is 1.80 bits per heavy atom. The molecule has 1 aliphatic heterocycles. The number of nitrogens with one attached hydrogen (secondary N) is 1. The number of piperidine rings is 1. The summed E-state index contributed by atoms with van der Waals surface area (Å²) in [5.74, 6) is 0.712. The SMILES string of the molecule is OC(CC(Cc1ccccc1)Oc1ccc(-n2cncn2)cc1)C1(O)CCNCC1. The van der Waals surface area contributed by atoms with Crippen molar-refractivity contribution in [3.05, 3.63) is 72.8 Å². The molecule has 30 heavy (non-hydrogen) atoms. The van der Waals surface area contributed by atoms with E-state index in [0.717, 1.165) is 11.3 Å². The normalized spacial score (nSPS) is 17.9. The number of aromatic nitrogens is 3. The van der Waals surface area contributed by atoms with Crippen molar-refractivity contribution in [3.63, 3.8) is 0 Å². The van der Waals surface area contributed by atoms with Crippen LogP contribution >= 0.6 is 0 Å². The van der Waals surface area contributed by atoms with E-state index in [1.54, 1.807) is 11.0 Å². The van der Waals surface area contributed by atoms with E-state index in [9.17, 15) is 10.2 Å². The van der Waals surface area contributed by atoms with E-state index in [-0.39, 0.29) is 6.10 Å². The first-order valence-corrected chi connectivity index (χ1v) is 10.4. The molecule has 0 aliphatic carbocycles. The van der Waals surface area contributed by atoms with Crippen LogP contribution in [-0.2, 0) is 6.42 Å². The van der Waals surface area contributed by atoms with Gasteiger partial charge in [-0.25, -0.2) is 9.67 Å². The molecule has 2 atom stereocenters. The maximum absolute atomic E-state index is 10.9. The zero-order chi connectivity index (χ0) is 20.8. The van der Waals surface area contributed by atoms with Crippen molar-refractivity contribution < 1.29 is 14.9 Å². The van der Waals surface area contributed by atoms with Gasteiger partial charge in [0.15, 0.2) is 0 Å². The molecule has 0 saturated carbocycles. The molecule has 7 nitrogen and oxygen atoms in total. The van der Waals surface area contributed by atoms with Gasteiger partial charge in [-0.05, 0) is 55.8 Å². The zero-order valence-electron chi connectivity index (χ0n) is 16.9. The van der Waals surface area contributed by atoms with Crippen molar-refractivity contribution in [2.45, 2.75) is 43.5 Å². The first-order chi connectivity index (χ1) is 14.6. The van der Waals surface area contributed by atoms with Gasteiger partial charge in [-0.1, -0.05) is 30.3 Å². The number of aliphatic hydroxyl groups excluding tert-OH is 1. The minimum atomic E-state index is -1.07. The van der Waals surface area contributed by atoms with Gasteiger partial charge in [-0.2, -0.15) is 5.10 Å². The van der Waals surface area contributed by atoms with Gasteiger partial charge in [-0.15, -0.1) is 0 Å². The van der Waals surface area contributed by atoms with Gasteiger partial charge in [0.2, 0.25) is 0 Å². The van der Waals surface area contributed by atoms with Crippen molar-refractivity contribution in [1.29, 1.82) is 0 Å². The molecule has 1 saturated heterocycles. The summed E-state index contributed by atoms with van der Waals surface area (Å²) in [5, 5.41) is 29.1. The highest BCUT2D eigenvalue weighted by Gasteiger charge is 2.38. The average Bonchev–Trinajstić information content (AvgIpc) is 3.30. The summed E-state index contributed by atoms with van der Waals surface area (Å²) in [6.45, 7) is 1.42. The summed E-state index contributed by atoms with van der Waals surface area (Å²) in [6, 6.07) is 17.7. The van der Waals surface area contributed by atoms with Gasteiger partial charge in [0.1, 0.15) is 24.5 Å². The zero-order valence-corrected chi connectivity index (χ0v) is 16.9. The molecular weight excluding hydrogens is 380 g/mol. The molecule has 2 heterocycles. The molecule has 3 aromatic rings. The van der Waals surface area contributed by atoms with E-state index < -0.39 is 11.7 Å². The summed E-state index contributed by atoms with van der Waals surface area (Å²) in [6.07, 6.45) is 4.11. The number of ether oxygens (including phenoxy) is 1. The summed E-state index contributed by atoms with van der Waals surface area (Å²) < 4.78 is 7.95. The van der Waals surface area contributed by atoms with Crippen molar-refractivity contribution in [2.75, 3.05) is 13.1 Å². The monoisotopic (exact) mass is 408 g/mol. The van der Waals surface area contributed by atoms with Gasteiger partial charge < -0.3 is 20.3 Å².